The van der Waals surface area contributed by atoms with Crippen LogP contribution in [-0.2, 0) is 12.8 Å². The van der Waals surface area contributed by atoms with Gasteiger partial charge in [-0.2, -0.15) is 0 Å². The van der Waals surface area contributed by atoms with Gasteiger partial charge in [-0.15, -0.1) is 0 Å². The second kappa shape index (κ2) is 7.09. The van der Waals surface area contributed by atoms with Gasteiger partial charge in [0.2, 0.25) is 5.69 Å². The third kappa shape index (κ3) is 3.43. The van der Waals surface area contributed by atoms with Gasteiger partial charge < -0.3 is 9.88 Å². The Labute approximate surface area is 164 Å². The molecule has 4 nitrogen and oxygen atoms in total. The van der Waals surface area contributed by atoms with Crippen LogP contribution in [0.5, 0.6) is 0 Å². The zero-order chi connectivity index (χ0) is 19.0. The molecule has 1 aliphatic carbocycles. The number of hydrogen-bond acceptors (Lipinski definition) is 2. The summed E-state index contributed by atoms with van der Waals surface area (Å²) in [4.78, 5) is 14.1. The van der Waals surface area contributed by atoms with Crippen LogP contribution in [0, 0.1) is 13.5 Å². The number of H-pyrrole nitrogens is 1. The molecule has 1 aliphatic rings. The molecule has 0 bridgehead atoms. The van der Waals surface area contributed by atoms with Gasteiger partial charge in [-0.3, -0.25) is 0 Å². The molecule has 2 aromatic carbocycles. The first-order chi connectivity index (χ1) is 13.0. The molecule has 0 radical (unpaired) electrons. The maximum atomic E-state index is 7.14. The number of nitrogens with one attached hydrogen (secondary N) is 1. The molecule has 0 unspecified atom stereocenters. The summed E-state index contributed by atoms with van der Waals surface area (Å²) in [5.41, 5.74) is 6.31. The second-order valence-corrected chi connectivity index (χ2v) is 7.54. The molecule has 0 aliphatic heterocycles. The van der Waals surface area contributed by atoms with Gasteiger partial charge in [-0.05, 0) is 31.9 Å². The van der Waals surface area contributed by atoms with Crippen LogP contribution in [0.1, 0.15) is 23.4 Å². The Morgan fingerprint density at radius 3 is 2.70 bits per heavy atom. The van der Waals surface area contributed by atoms with Crippen LogP contribution in [0.15, 0.2) is 42.5 Å². The van der Waals surface area contributed by atoms with Crippen LogP contribution in [-0.4, -0.2) is 23.1 Å². The summed E-state index contributed by atoms with van der Waals surface area (Å²) < 4.78 is 0. The zero-order valence-corrected chi connectivity index (χ0v) is 16.2. The summed E-state index contributed by atoms with van der Waals surface area (Å²) in [7, 11) is 2.09. The van der Waals surface area contributed by atoms with Gasteiger partial charge in [0.1, 0.15) is 5.82 Å². The molecule has 0 saturated heterocycles. The molecular formula is C22H21ClN4. The van der Waals surface area contributed by atoms with Crippen LogP contribution in [0.25, 0.3) is 16.2 Å². The van der Waals surface area contributed by atoms with Gasteiger partial charge in [0.15, 0.2) is 0 Å². The van der Waals surface area contributed by atoms with E-state index in [4.69, 9.17) is 23.2 Å². The molecule has 0 amide bonds. The molecule has 5 heteroatoms. The molecular weight excluding hydrogens is 356 g/mol. The Hall–Kier alpha value is -2.77. The first kappa shape index (κ1) is 17.6. The fourth-order valence-electron chi connectivity index (χ4n) is 3.66. The van der Waals surface area contributed by atoms with Crippen molar-refractivity contribution in [2.24, 2.45) is 0 Å². The number of aromatic amines is 1. The SMILES string of the molecule is [C-]#[N+]c1ccc(N(C)[C@@H]2CCc3nc(-c4ccc(C)cc4)[nH]c3C2)cc1Cl. The topological polar surface area (TPSA) is 36.3 Å². The minimum atomic E-state index is 0.374. The van der Waals surface area contributed by atoms with E-state index in [0.29, 0.717) is 16.8 Å². The number of anilines is 1. The summed E-state index contributed by atoms with van der Waals surface area (Å²) in [5, 5.41) is 0.508. The van der Waals surface area contributed by atoms with E-state index in [1.165, 1.54) is 17.0 Å². The lowest BCUT2D eigenvalue weighted by atomic mass is 9.94. The van der Waals surface area contributed by atoms with Gasteiger partial charge in [0, 0.05) is 41.5 Å². The predicted molar refractivity (Wildman–Crippen MR) is 111 cm³/mol. The second-order valence-electron chi connectivity index (χ2n) is 7.13. The molecule has 1 aromatic heterocycles. The Morgan fingerprint density at radius 2 is 2.00 bits per heavy atom. The van der Waals surface area contributed by atoms with Crippen molar-refractivity contribution in [2.75, 3.05) is 11.9 Å². The van der Waals surface area contributed by atoms with Crippen molar-refractivity contribution in [3.05, 3.63) is 75.9 Å². The van der Waals surface area contributed by atoms with Gasteiger partial charge >= 0.3 is 0 Å². The molecule has 4 rings (SSSR count). The van der Waals surface area contributed by atoms with E-state index in [2.05, 4.69) is 53.0 Å². The number of nitrogens with zero attached hydrogens (tertiary/aromatic N) is 3. The van der Waals surface area contributed by atoms with Gasteiger partial charge in [0.25, 0.3) is 0 Å². The molecule has 27 heavy (non-hydrogen) atoms. The molecule has 1 N–H and O–H groups in total. The normalized spacial score (nSPS) is 15.9. The van der Waals surface area contributed by atoms with E-state index in [0.717, 1.165) is 36.3 Å². The predicted octanol–water partition coefficient (Wildman–Crippen LogP) is 5.58. The van der Waals surface area contributed by atoms with Crippen LogP contribution in [0.2, 0.25) is 5.02 Å². The molecule has 1 heterocycles. The van der Waals surface area contributed by atoms with E-state index in [-0.39, 0.29) is 0 Å². The Morgan fingerprint density at radius 1 is 1.22 bits per heavy atom. The largest absolute Gasteiger partial charge is 0.371 e. The van der Waals surface area contributed by atoms with Crippen molar-refractivity contribution in [3.8, 4) is 11.4 Å². The highest BCUT2D eigenvalue weighted by molar-refractivity contribution is 6.33. The smallest absolute Gasteiger partial charge is 0.205 e. The summed E-state index contributed by atoms with van der Waals surface area (Å²) in [6.45, 7) is 9.23. The summed E-state index contributed by atoms with van der Waals surface area (Å²) in [6.07, 6.45) is 2.93. The van der Waals surface area contributed by atoms with E-state index >= 15 is 0 Å². The number of rotatable bonds is 3. The van der Waals surface area contributed by atoms with Crippen LogP contribution >= 0.6 is 11.6 Å². The van der Waals surface area contributed by atoms with E-state index in [1.807, 2.05) is 12.1 Å². The molecule has 1 atom stereocenters. The molecule has 0 saturated carbocycles. The lowest BCUT2D eigenvalue weighted by Crippen LogP contribution is -2.36. The van der Waals surface area contributed by atoms with E-state index in [1.54, 1.807) is 6.07 Å². The number of hydrogen-bond donors (Lipinski definition) is 1. The minimum Gasteiger partial charge on any atom is -0.371 e. The molecule has 0 spiro atoms. The number of aryl methyl sites for hydroxylation is 2. The first-order valence-corrected chi connectivity index (χ1v) is 9.47. The Bertz CT molecular complexity index is 1010. The lowest BCUT2D eigenvalue weighted by molar-refractivity contribution is 0.538. The van der Waals surface area contributed by atoms with Crippen molar-refractivity contribution in [2.45, 2.75) is 32.2 Å². The van der Waals surface area contributed by atoms with Crippen LogP contribution in [0.4, 0.5) is 11.4 Å². The van der Waals surface area contributed by atoms with Crippen molar-refractivity contribution < 1.29 is 0 Å². The van der Waals surface area contributed by atoms with Crippen molar-refractivity contribution in [3.63, 3.8) is 0 Å². The third-order valence-corrected chi connectivity index (χ3v) is 5.65. The number of benzene rings is 2. The van der Waals surface area contributed by atoms with Gasteiger partial charge in [-0.1, -0.05) is 47.5 Å². The Kier molecular flexibility index (Phi) is 4.63. The van der Waals surface area contributed by atoms with E-state index in [9.17, 15) is 0 Å². The molecule has 3 aromatic rings. The average molecular weight is 377 g/mol. The number of halogens is 1. The highest BCUT2D eigenvalue weighted by Gasteiger charge is 2.25. The number of imidazole rings is 1. The summed E-state index contributed by atoms with van der Waals surface area (Å²) >= 11 is 6.22. The highest BCUT2D eigenvalue weighted by Crippen LogP contribution is 2.32. The average Bonchev–Trinajstić information content (AvgIpc) is 3.11. The highest BCUT2D eigenvalue weighted by atomic mass is 35.5. The zero-order valence-electron chi connectivity index (χ0n) is 15.5. The van der Waals surface area contributed by atoms with Crippen molar-refractivity contribution in [1.29, 1.82) is 0 Å². The van der Waals surface area contributed by atoms with Crippen molar-refractivity contribution in [1.82, 2.24) is 9.97 Å². The Balaban J connectivity index is 1.55. The maximum Gasteiger partial charge on any atom is 0.205 e. The third-order valence-electron chi connectivity index (χ3n) is 5.35. The first-order valence-electron chi connectivity index (χ1n) is 9.10. The van der Waals surface area contributed by atoms with E-state index < -0.39 is 0 Å². The van der Waals surface area contributed by atoms with Crippen LogP contribution in [0.3, 0.4) is 0 Å². The standard InChI is InChI=1S/C22H21ClN4/c1-14-4-6-15(7-5-14)22-25-20-11-9-17(13-21(20)26-22)27(3)16-8-10-19(24-2)18(23)12-16/h4-8,10,12,17H,9,11,13H2,1,3H3,(H,25,26)/t17-/m1/s1. The quantitative estimate of drug-likeness (QED) is 0.605. The van der Waals surface area contributed by atoms with Crippen molar-refractivity contribution >= 4 is 23.0 Å². The summed E-state index contributed by atoms with van der Waals surface area (Å²) in [5.74, 6) is 0.952. The van der Waals surface area contributed by atoms with Crippen LogP contribution < -0.4 is 4.90 Å². The van der Waals surface area contributed by atoms with Gasteiger partial charge in [0.05, 0.1) is 12.3 Å². The number of fused-ring (bicyclic) bond motifs is 1. The lowest BCUT2D eigenvalue weighted by Gasteiger charge is -2.32. The monoisotopic (exact) mass is 376 g/mol. The molecule has 0 fully saturated rings. The fourth-order valence-corrected chi connectivity index (χ4v) is 3.87. The minimum absolute atomic E-state index is 0.374. The van der Waals surface area contributed by atoms with Gasteiger partial charge in [-0.25, -0.2) is 9.83 Å². The molecule has 136 valence electrons. The number of aromatic nitrogens is 2. The summed E-state index contributed by atoms with van der Waals surface area (Å²) in [6, 6.07) is 14.5. The maximum absolute atomic E-state index is 7.14. The number of likely N-dealkylation sites (N-methyl/N-ethyl adjacent to an activating group) is 1. The fraction of sp³-hybridized carbons (Fsp3) is 0.273.